The molecule has 5 nitrogen and oxygen atoms in total. The van der Waals surface area contributed by atoms with E-state index >= 15 is 0 Å². The Morgan fingerprint density at radius 1 is 1.45 bits per heavy atom. The first-order valence-electron chi connectivity index (χ1n) is 7.25. The zero-order chi connectivity index (χ0) is 14.5. The van der Waals surface area contributed by atoms with E-state index in [-0.39, 0.29) is 10.6 Å². The van der Waals surface area contributed by atoms with Crippen molar-refractivity contribution in [2.75, 3.05) is 18.5 Å². The SMILES string of the molecule is CCOc1cccc(NCC2CCC(C)C2)c1[N+](=O)[O-]. The molecule has 1 aromatic rings. The molecule has 2 rings (SSSR count). The summed E-state index contributed by atoms with van der Waals surface area (Å²) in [5.74, 6) is 1.72. The van der Waals surface area contributed by atoms with Gasteiger partial charge in [0.2, 0.25) is 0 Å². The second-order valence-electron chi connectivity index (χ2n) is 5.51. The lowest BCUT2D eigenvalue weighted by atomic mass is 10.1. The predicted molar refractivity (Wildman–Crippen MR) is 79.3 cm³/mol. The Morgan fingerprint density at radius 2 is 2.25 bits per heavy atom. The van der Waals surface area contributed by atoms with Gasteiger partial charge in [0.1, 0.15) is 5.69 Å². The van der Waals surface area contributed by atoms with Crippen LogP contribution in [-0.4, -0.2) is 18.1 Å². The van der Waals surface area contributed by atoms with Crippen LogP contribution in [0.1, 0.15) is 33.1 Å². The molecule has 0 radical (unpaired) electrons. The maximum Gasteiger partial charge on any atom is 0.333 e. The Hall–Kier alpha value is -1.78. The van der Waals surface area contributed by atoms with Crippen LogP contribution in [0, 0.1) is 22.0 Å². The molecule has 2 atom stereocenters. The fourth-order valence-corrected chi connectivity index (χ4v) is 2.89. The first-order valence-corrected chi connectivity index (χ1v) is 7.25. The summed E-state index contributed by atoms with van der Waals surface area (Å²) in [6, 6.07) is 5.18. The fourth-order valence-electron chi connectivity index (χ4n) is 2.89. The highest BCUT2D eigenvalue weighted by molar-refractivity contribution is 5.68. The summed E-state index contributed by atoms with van der Waals surface area (Å²) < 4.78 is 5.35. The standard InChI is InChI=1S/C15H22N2O3/c1-3-20-14-6-4-5-13(15(14)17(18)19)16-10-12-8-7-11(2)9-12/h4-6,11-12,16H,3,7-10H2,1-2H3. The number of benzene rings is 1. The first kappa shape index (κ1) is 14.6. The highest BCUT2D eigenvalue weighted by Crippen LogP contribution is 2.36. The minimum atomic E-state index is -0.370. The number of anilines is 1. The van der Waals surface area contributed by atoms with E-state index in [9.17, 15) is 10.1 Å². The molecule has 1 N–H and O–H groups in total. The van der Waals surface area contributed by atoms with Gasteiger partial charge in [-0.25, -0.2) is 0 Å². The normalized spacial score (nSPS) is 21.7. The van der Waals surface area contributed by atoms with Gasteiger partial charge in [0.05, 0.1) is 11.5 Å². The number of para-hydroxylation sites is 1. The van der Waals surface area contributed by atoms with Crippen LogP contribution in [0.15, 0.2) is 18.2 Å². The molecule has 2 unspecified atom stereocenters. The molecule has 5 heteroatoms. The van der Waals surface area contributed by atoms with Crippen molar-refractivity contribution in [2.24, 2.45) is 11.8 Å². The Kier molecular flexibility index (Phi) is 4.82. The molecular formula is C15H22N2O3. The first-order chi connectivity index (χ1) is 9.61. The molecule has 0 saturated heterocycles. The van der Waals surface area contributed by atoms with Crippen LogP contribution >= 0.6 is 0 Å². The third-order valence-corrected chi connectivity index (χ3v) is 3.87. The van der Waals surface area contributed by atoms with Crippen molar-refractivity contribution in [3.8, 4) is 5.75 Å². The lowest BCUT2D eigenvalue weighted by Gasteiger charge is -2.14. The van der Waals surface area contributed by atoms with E-state index in [1.807, 2.05) is 6.92 Å². The largest absolute Gasteiger partial charge is 0.487 e. The van der Waals surface area contributed by atoms with E-state index < -0.39 is 0 Å². The van der Waals surface area contributed by atoms with E-state index in [0.717, 1.165) is 12.5 Å². The van der Waals surface area contributed by atoms with Crippen LogP contribution in [0.3, 0.4) is 0 Å². The Morgan fingerprint density at radius 3 is 2.85 bits per heavy atom. The second-order valence-corrected chi connectivity index (χ2v) is 5.51. The number of nitro groups is 1. The number of hydrogen-bond donors (Lipinski definition) is 1. The quantitative estimate of drug-likeness (QED) is 0.634. The smallest absolute Gasteiger partial charge is 0.333 e. The van der Waals surface area contributed by atoms with Crippen molar-refractivity contribution >= 4 is 11.4 Å². The van der Waals surface area contributed by atoms with E-state index in [4.69, 9.17) is 4.74 Å². The van der Waals surface area contributed by atoms with E-state index in [2.05, 4.69) is 12.2 Å². The molecule has 0 aromatic heterocycles. The summed E-state index contributed by atoms with van der Waals surface area (Å²) in [5.41, 5.74) is 0.598. The number of nitrogens with zero attached hydrogens (tertiary/aromatic N) is 1. The van der Waals surface area contributed by atoms with Crippen LogP contribution in [0.5, 0.6) is 5.75 Å². The van der Waals surface area contributed by atoms with Crippen molar-refractivity contribution in [3.05, 3.63) is 28.3 Å². The number of nitrogens with one attached hydrogen (secondary N) is 1. The molecule has 20 heavy (non-hydrogen) atoms. The Balaban J connectivity index is 2.10. The van der Waals surface area contributed by atoms with Crippen LogP contribution < -0.4 is 10.1 Å². The van der Waals surface area contributed by atoms with Crippen molar-refractivity contribution in [1.29, 1.82) is 0 Å². The minimum absolute atomic E-state index is 0.0420. The fraction of sp³-hybridized carbons (Fsp3) is 0.600. The van der Waals surface area contributed by atoms with Gasteiger partial charge < -0.3 is 10.1 Å². The third kappa shape index (κ3) is 3.40. The summed E-state index contributed by atoms with van der Waals surface area (Å²) >= 11 is 0. The number of hydrogen-bond acceptors (Lipinski definition) is 4. The third-order valence-electron chi connectivity index (χ3n) is 3.87. The monoisotopic (exact) mass is 278 g/mol. The molecule has 0 spiro atoms. The Bertz CT molecular complexity index is 476. The lowest BCUT2D eigenvalue weighted by Crippen LogP contribution is -2.13. The average molecular weight is 278 g/mol. The van der Waals surface area contributed by atoms with Gasteiger partial charge in [0, 0.05) is 6.54 Å². The summed E-state index contributed by atoms with van der Waals surface area (Å²) in [4.78, 5) is 10.9. The number of ether oxygens (including phenoxy) is 1. The zero-order valence-electron chi connectivity index (χ0n) is 12.1. The van der Waals surface area contributed by atoms with Crippen molar-refractivity contribution in [2.45, 2.75) is 33.1 Å². The van der Waals surface area contributed by atoms with Gasteiger partial charge in [-0.05, 0) is 43.7 Å². The van der Waals surface area contributed by atoms with Gasteiger partial charge in [0.15, 0.2) is 5.75 Å². The lowest BCUT2D eigenvalue weighted by molar-refractivity contribution is -0.384. The van der Waals surface area contributed by atoms with Gasteiger partial charge in [-0.2, -0.15) is 0 Å². The molecule has 1 aromatic carbocycles. The molecule has 110 valence electrons. The van der Waals surface area contributed by atoms with Crippen molar-refractivity contribution in [1.82, 2.24) is 0 Å². The predicted octanol–water partition coefficient (Wildman–Crippen LogP) is 3.84. The van der Waals surface area contributed by atoms with Gasteiger partial charge >= 0.3 is 5.69 Å². The van der Waals surface area contributed by atoms with Crippen LogP contribution in [0.2, 0.25) is 0 Å². The maximum atomic E-state index is 11.3. The maximum absolute atomic E-state index is 11.3. The molecule has 0 heterocycles. The van der Waals surface area contributed by atoms with E-state index in [1.54, 1.807) is 18.2 Å². The number of nitro benzene ring substituents is 1. The molecule has 0 bridgehead atoms. The minimum Gasteiger partial charge on any atom is -0.487 e. The second kappa shape index (κ2) is 6.59. The van der Waals surface area contributed by atoms with Gasteiger partial charge in [-0.1, -0.05) is 19.4 Å². The molecule has 0 aliphatic heterocycles. The Labute approximate surface area is 119 Å². The summed E-state index contributed by atoms with van der Waals surface area (Å²) in [6.45, 7) is 5.30. The van der Waals surface area contributed by atoms with Crippen molar-refractivity contribution in [3.63, 3.8) is 0 Å². The van der Waals surface area contributed by atoms with E-state index in [0.29, 0.717) is 24.0 Å². The molecular weight excluding hydrogens is 256 g/mol. The van der Waals surface area contributed by atoms with E-state index in [1.165, 1.54) is 19.3 Å². The van der Waals surface area contributed by atoms with Crippen LogP contribution in [0.4, 0.5) is 11.4 Å². The van der Waals surface area contributed by atoms with Gasteiger partial charge in [-0.15, -0.1) is 0 Å². The highest BCUT2D eigenvalue weighted by atomic mass is 16.6. The molecule has 1 fully saturated rings. The zero-order valence-corrected chi connectivity index (χ0v) is 12.1. The summed E-state index contributed by atoms with van der Waals surface area (Å²) in [6.07, 6.45) is 3.66. The number of rotatable bonds is 6. The van der Waals surface area contributed by atoms with Crippen LogP contribution in [0.25, 0.3) is 0 Å². The summed E-state index contributed by atoms with van der Waals surface area (Å²) in [7, 11) is 0. The topological polar surface area (TPSA) is 64.4 Å². The molecule has 1 aliphatic rings. The van der Waals surface area contributed by atoms with Gasteiger partial charge in [-0.3, -0.25) is 10.1 Å². The van der Waals surface area contributed by atoms with Crippen molar-refractivity contribution < 1.29 is 9.66 Å². The molecule has 1 aliphatic carbocycles. The highest BCUT2D eigenvalue weighted by Gasteiger charge is 2.24. The molecule has 1 saturated carbocycles. The molecule has 0 amide bonds. The summed E-state index contributed by atoms with van der Waals surface area (Å²) in [5, 5.41) is 14.5. The van der Waals surface area contributed by atoms with Crippen LogP contribution in [-0.2, 0) is 0 Å². The average Bonchev–Trinajstić information content (AvgIpc) is 2.82. The van der Waals surface area contributed by atoms with Gasteiger partial charge in [0.25, 0.3) is 0 Å².